The maximum Gasteiger partial charge on any atom is 0.291 e. The van der Waals surface area contributed by atoms with Gasteiger partial charge in [0.15, 0.2) is 0 Å². The minimum atomic E-state index is -0.685. The third-order valence-electron chi connectivity index (χ3n) is 1.37. The third-order valence-corrected chi connectivity index (χ3v) is 2.20. The summed E-state index contributed by atoms with van der Waals surface area (Å²) in [6.45, 7) is 0.819. The summed E-state index contributed by atoms with van der Waals surface area (Å²) < 4.78 is 15.4. The Labute approximate surface area is 51.1 Å². The number of ether oxygens (including phenoxy) is 1. The van der Waals surface area contributed by atoms with Gasteiger partial charge in [0.25, 0.3) is 9.41 Å². The molecule has 1 fully saturated rings. The van der Waals surface area contributed by atoms with Gasteiger partial charge in [-0.1, -0.05) is 0 Å². The molecule has 0 aromatic rings. The van der Waals surface area contributed by atoms with E-state index in [1.165, 1.54) is 6.42 Å². The summed E-state index contributed by atoms with van der Waals surface area (Å²) in [5, 5.41) is 0. The lowest BCUT2D eigenvalue weighted by Crippen LogP contribution is -2.20. The molecule has 0 aromatic carbocycles. The molecule has 0 aromatic heterocycles. The molecule has 46 valence electrons. The SMILES string of the molecule is O=[SiH]C1CCCCO1. The van der Waals surface area contributed by atoms with E-state index in [0.29, 0.717) is 0 Å². The van der Waals surface area contributed by atoms with Gasteiger partial charge < -0.3 is 9.20 Å². The van der Waals surface area contributed by atoms with Crippen molar-refractivity contribution in [1.29, 1.82) is 0 Å². The van der Waals surface area contributed by atoms with Gasteiger partial charge in [-0.3, -0.25) is 0 Å². The minimum absolute atomic E-state index is 0.115. The molecule has 1 unspecified atom stereocenters. The van der Waals surface area contributed by atoms with Crippen molar-refractivity contribution in [2.75, 3.05) is 6.61 Å². The normalized spacial score (nSPS) is 29.8. The van der Waals surface area contributed by atoms with E-state index >= 15 is 0 Å². The van der Waals surface area contributed by atoms with Crippen molar-refractivity contribution in [3.8, 4) is 0 Å². The van der Waals surface area contributed by atoms with E-state index in [9.17, 15) is 4.46 Å². The standard InChI is InChI=1S/C5H10O2Si/c6-8-5-3-1-2-4-7-5/h5,8H,1-4H2. The van der Waals surface area contributed by atoms with Gasteiger partial charge in [-0.05, 0) is 19.3 Å². The molecule has 0 spiro atoms. The molecule has 0 aliphatic carbocycles. The van der Waals surface area contributed by atoms with E-state index < -0.39 is 9.41 Å². The van der Waals surface area contributed by atoms with Gasteiger partial charge in [-0.2, -0.15) is 0 Å². The van der Waals surface area contributed by atoms with Crippen molar-refractivity contribution in [3.63, 3.8) is 0 Å². The molecule has 2 nitrogen and oxygen atoms in total. The van der Waals surface area contributed by atoms with Crippen LogP contribution >= 0.6 is 0 Å². The van der Waals surface area contributed by atoms with Crippen LogP contribution in [0.3, 0.4) is 0 Å². The average Bonchev–Trinajstić information content (AvgIpc) is 1.90. The zero-order chi connectivity index (χ0) is 5.82. The van der Waals surface area contributed by atoms with Crippen LogP contribution in [0.4, 0.5) is 0 Å². The largest absolute Gasteiger partial charge is 0.389 e. The average molecular weight is 130 g/mol. The second kappa shape index (κ2) is 3.09. The zero-order valence-corrected chi connectivity index (χ0v) is 5.95. The smallest absolute Gasteiger partial charge is 0.291 e. The van der Waals surface area contributed by atoms with Crippen LogP contribution in [0.15, 0.2) is 0 Å². The Morgan fingerprint density at radius 2 is 2.38 bits per heavy atom. The van der Waals surface area contributed by atoms with Crippen molar-refractivity contribution in [1.82, 2.24) is 0 Å². The maximum absolute atomic E-state index is 10.2. The van der Waals surface area contributed by atoms with E-state index in [1.54, 1.807) is 0 Å². The highest BCUT2D eigenvalue weighted by Gasteiger charge is 2.11. The van der Waals surface area contributed by atoms with Gasteiger partial charge in [-0.15, -0.1) is 0 Å². The fourth-order valence-electron chi connectivity index (χ4n) is 0.873. The molecule has 0 N–H and O–H groups in total. The van der Waals surface area contributed by atoms with Gasteiger partial charge in [0.2, 0.25) is 0 Å². The highest BCUT2D eigenvalue weighted by atomic mass is 28.2. The maximum atomic E-state index is 10.2. The molecule has 1 rings (SSSR count). The monoisotopic (exact) mass is 130 g/mol. The number of hydrogen-bond donors (Lipinski definition) is 0. The van der Waals surface area contributed by atoms with Crippen molar-refractivity contribution >= 4 is 9.41 Å². The van der Waals surface area contributed by atoms with Crippen LogP contribution in [0.2, 0.25) is 0 Å². The second-order valence-electron chi connectivity index (χ2n) is 2.04. The predicted octanol–water partition coefficient (Wildman–Crippen LogP) is 0.295. The van der Waals surface area contributed by atoms with Gasteiger partial charge in [0.05, 0.1) is 5.73 Å². The summed E-state index contributed by atoms with van der Waals surface area (Å²) in [7, 11) is -0.685. The molecule has 0 bridgehead atoms. The first-order valence-electron chi connectivity index (χ1n) is 3.00. The first-order valence-corrected chi connectivity index (χ1v) is 4.14. The lowest BCUT2D eigenvalue weighted by atomic mass is 10.2. The highest BCUT2D eigenvalue weighted by Crippen LogP contribution is 2.09. The number of rotatable bonds is 1. The summed E-state index contributed by atoms with van der Waals surface area (Å²) in [5.74, 6) is 0. The molecule has 3 heteroatoms. The Morgan fingerprint density at radius 1 is 1.50 bits per heavy atom. The molecule has 0 amide bonds. The highest BCUT2D eigenvalue weighted by molar-refractivity contribution is 6.19. The molecule has 1 heterocycles. The van der Waals surface area contributed by atoms with E-state index in [2.05, 4.69) is 0 Å². The third kappa shape index (κ3) is 1.49. The lowest BCUT2D eigenvalue weighted by molar-refractivity contribution is 0.0629. The Bertz CT molecular complexity index is 78.5. The Morgan fingerprint density at radius 3 is 2.75 bits per heavy atom. The van der Waals surface area contributed by atoms with Crippen LogP contribution in [-0.2, 0) is 9.20 Å². The fraction of sp³-hybridized carbons (Fsp3) is 1.00. The van der Waals surface area contributed by atoms with Crippen LogP contribution < -0.4 is 0 Å². The van der Waals surface area contributed by atoms with Gasteiger partial charge in [0.1, 0.15) is 0 Å². The van der Waals surface area contributed by atoms with Crippen LogP contribution in [0, 0.1) is 0 Å². The van der Waals surface area contributed by atoms with E-state index in [4.69, 9.17) is 4.74 Å². The molecular formula is C5H10O2Si. The summed E-state index contributed by atoms with van der Waals surface area (Å²) in [4.78, 5) is 0. The van der Waals surface area contributed by atoms with Crippen molar-refractivity contribution in [3.05, 3.63) is 0 Å². The number of hydrogen-bond acceptors (Lipinski definition) is 2. The minimum Gasteiger partial charge on any atom is -0.389 e. The Kier molecular flexibility index (Phi) is 2.36. The molecular weight excluding hydrogens is 120 g/mol. The molecule has 0 saturated carbocycles. The fourth-order valence-corrected chi connectivity index (χ4v) is 1.46. The lowest BCUT2D eigenvalue weighted by Gasteiger charge is -2.15. The summed E-state index contributed by atoms with van der Waals surface area (Å²) in [5.41, 5.74) is 0.115. The summed E-state index contributed by atoms with van der Waals surface area (Å²) in [6.07, 6.45) is 3.36. The molecule has 1 aliphatic rings. The summed E-state index contributed by atoms with van der Waals surface area (Å²) >= 11 is 0. The molecule has 0 radical (unpaired) electrons. The van der Waals surface area contributed by atoms with Crippen LogP contribution in [-0.4, -0.2) is 21.7 Å². The van der Waals surface area contributed by atoms with Crippen molar-refractivity contribution in [2.45, 2.75) is 25.0 Å². The molecule has 8 heavy (non-hydrogen) atoms. The van der Waals surface area contributed by atoms with Crippen molar-refractivity contribution < 1.29 is 9.20 Å². The van der Waals surface area contributed by atoms with E-state index in [-0.39, 0.29) is 5.73 Å². The first kappa shape index (κ1) is 6.10. The van der Waals surface area contributed by atoms with E-state index in [1.807, 2.05) is 0 Å². The Hall–Kier alpha value is -0.0231. The van der Waals surface area contributed by atoms with Gasteiger partial charge >= 0.3 is 0 Å². The zero-order valence-electron chi connectivity index (χ0n) is 4.80. The Balaban J connectivity index is 2.22. The van der Waals surface area contributed by atoms with E-state index in [0.717, 1.165) is 19.4 Å². The molecule has 1 aliphatic heterocycles. The quantitative estimate of drug-likeness (QED) is 0.477. The molecule has 1 atom stereocenters. The van der Waals surface area contributed by atoms with Crippen molar-refractivity contribution in [2.24, 2.45) is 0 Å². The van der Waals surface area contributed by atoms with Crippen LogP contribution in [0.1, 0.15) is 19.3 Å². The van der Waals surface area contributed by atoms with Gasteiger partial charge in [0, 0.05) is 6.61 Å². The van der Waals surface area contributed by atoms with Gasteiger partial charge in [-0.25, -0.2) is 0 Å². The topological polar surface area (TPSA) is 26.3 Å². The van der Waals surface area contributed by atoms with Crippen LogP contribution in [0.25, 0.3) is 0 Å². The van der Waals surface area contributed by atoms with Crippen LogP contribution in [0.5, 0.6) is 0 Å². The first-order chi connectivity index (χ1) is 3.93. The molecule has 1 saturated heterocycles. The predicted molar refractivity (Wildman–Crippen MR) is 31.4 cm³/mol. The second-order valence-corrected chi connectivity index (χ2v) is 3.06. The summed E-state index contributed by atoms with van der Waals surface area (Å²) in [6, 6.07) is 0.